The van der Waals surface area contributed by atoms with Gasteiger partial charge < -0.3 is 0 Å². The number of carbonyl (C=O) groups is 1. The van der Waals surface area contributed by atoms with Crippen LogP contribution in [0.25, 0.3) is 0 Å². The van der Waals surface area contributed by atoms with E-state index in [-0.39, 0.29) is 21.2 Å². The second-order valence-corrected chi connectivity index (χ2v) is 6.34. The van der Waals surface area contributed by atoms with Crippen molar-refractivity contribution in [3.05, 3.63) is 59.1 Å². The van der Waals surface area contributed by atoms with Crippen molar-refractivity contribution in [3.63, 3.8) is 0 Å². The lowest BCUT2D eigenvalue weighted by molar-refractivity contribution is 0.108. The topological polar surface area (TPSA) is 63.2 Å². The molecule has 0 fully saturated rings. The lowest BCUT2D eigenvalue weighted by Gasteiger charge is -2.10. The predicted octanol–water partition coefficient (Wildman–Crippen LogP) is 3.52. The maximum absolute atomic E-state index is 12.2. The van der Waals surface area contributed by atoms with E-state index in [1.807, 2.05) is 0 Å². The Morgan fingerprint density at radius 3 is 2.30 bits per heavy atom. The molecule has 0 spiro atoms. The van der Waals surface area contributed by atoms with Gasteiger partial charge in [0.2, 0.25) is 0 Å². The van der Waals surface area contributed by atoms with Gasteiger partial charge in [0.25, 0.3) is 15.3 Å². The average Bonchev–Trinajstić information content (AvgIpc) is 2.41. The molecule has 20 heavy (non-hydrogen) atoms. The number of anilines is 1. The van der Waals surface area contributed by atoms with Gasteiger partial charge in [-0.3, -0.25) is 9.52 Å². The molecule has 0 aliphatic heterocycles. The van der Waals surface area contributed by atoms with Crippen LogP contribution >= 0.6 is 23.2 Å². The largest absolute Gasteiger partial charge is 0.279 e. The van der Waals surface area contributed by atoms with Crippen molar-refractivity contribution < 1.29 is 13.2 Å². The van der Waals surface area contributed by atoms with Gasteiger partial charge in [-0.1, -0.05) is 29.8 Å². The van der Waals surface area contributed by atoms with Crippen LogP contribution in [0.15, 0.2) is 53.4 Å². The summed E-state index contributed by atoms with van der Waals surface area (Å²) < 4.78 is 26.6. The van der Waals surface area contributed by atoms with Gasteiger partial charge in [0.05, 0.1) is 16.1 Å². The number of halogens is 2. The van der Waals surface area contributed by atoms with Crippen LogP contribution in [0.2, 0.25) is 5.02 Å². The highest BCUT2D eigenvalue weighted by Crippen LogP contribution is 2.25. The van der Waals surface area contributed by atoms with Crippen molar-refractivity contribution in [2.75, 3.05) is 4.72 Å². The monoisotopic (exact) mass is 329 g/mol. The normalized spacial score (nSPS) is 11.1. The molecule has 0 aromatic heterocycles. The van der Waals surface area contributed by atoms with Crippen LogP contribution in [0.1, 0.15) is 10.4 Å². The van der Waals surface area contributed by atoms with Crippen LogP contribution in [0.5, 0.6) is 0 Å². The minimum absolute atomic E-state index is 0.00123. The summed E-state index contributed by atoms with van der Waals surface area (Å²) in [5.41, 5.74) is 0.0805. The van der Waals surface area contributed by atoms with E-state index in [0.717, 1.165) is 0 Å². The van der Waals surface area contributed by atoms with Crippen molar-refractivity contribution in [3.8, 4) is 0 Å². The molecule has 0 aliphatic carbocycles. The van der Waals surface area contributed by atoms with E-state index in [1.165, 1.54) is 30.3 Å². The van der Waals surface area contributed by atoms with Gasteiger partial charge in [0, 0.05) is 5.02 Å². The third-order valence-electron chi connectivity index (χ3n) is 2.49. The second-order valence-electron chi connectivity index (χ2n) is 3.88. The Balaban J connectivity index is 2.43. The van der Waals surface area contributed by atoms with E-state index in [0.29, 0.717) is 0 Å². The standard InChI is InChI=1S/C13H9Cl2NO3S/c14-9-6-7-12(11(8-9)13(15)17)16-20(18,19)10-4-2-1-3-5-10/h1-8,16H. The quantitative estimate of drug-likeness (QED) is 0.873. The van der Waals surface area contributed by atoms with Crippen LogP contribution in [0.4, 0.5) is 5.69 Å². The van der Waals surface area contributed by atoms with Crippen molar-refractivity contribution in [2.45, 2.75) is 4.90 Å². The van der Waals surface area contributed by atoms with Crippen molar-refractivity contribution >= 4 is 44.2 Å². The first-order valence-electron chi connectivity index (χ1n) is 5.47. The summed E-state index contributed by atoms with van der Waals surface area (Å²) in [5.74, 6) is 0. The minimum atomic E-state index is -3.79. The van der Waals surface area contributed by atoms with Crippen LogP contribution in [-0.2, 0) is 10.0 Å². The Morgan fingerprint density at radius 1 is 1.05 bits per heavy atom. The van der Waals surface area contributed by atoms with Crippen LogP contribution in [0, 0.1) is 0 Å². The molecule has 104 valence electrons. The lowest BCUT2D eigenvalue weighted by Crippen LogP contribution is -2.14. The van der Waals surface area contributed by atoms with E-state index in [1.54, 1.807) is 18.2 Å². The van der Waals surface area contributed by atoms with Gasteiger partial charge in [-0.15, -0.1) is 0 Å². The molecule has 0 saturated heterocycles. The zero-order valence-corrected chi connectivity index (χ0v) is 12.3. The summed E-state index contributed by atoms with van der Waals surface area (Å²) in [6, 6.07) is 12.0. The smallest absolute Gasteiger partial charge is 0.261 e. The van der Waals surface area contributed by atoms with Crippen LogP contribution in [0.3, 0.4) is 0 Å². The summed E-state index contributed by atoms with van der Waals surface area (Å²) in [7, 11) is -3.79. The van der Waals surface area contributed by atoms with E-state index in [2.05, 4.69) is 4.72 Å². The van der Waals surface area contributed by atoms with Crippen LogP contribution < -0.4 is 4.72 Å². The third-order valence-corrected chi connectivity index (χ3v) is 4.31. The molecule has 2 rings (SSSR count). The number of carbonyl (C=O) groups excluding carboxylic acids is 1. The molecule has 0 amide bonds. The fraction of sp³-hybridized carbons (Fsp3) is 0. The number of benzene rings is 2. The van der Waals surface area contributed by atoms with Gasteiger partial charge in [-0.05, 0) is 41.9 Å². The average molecular weight is 330 g/mol. The zero-order valence-electron chi connectivity index (χ0n) is 10.0. The Hall–Kier alpha value is -1.56. The molecule has 4 nitrogen and oxygen atoms in total. The molecule has 0 bridgehead atoms. The molecule has 2 aromatic rings. The number of sulfonamides is 1. The number of rotatable bonds is 4. The minimum Gasteiger partial charge on any atom is -0.279 e. The number of nitrogens with one attached hydrogen (secondary N) is 1. The molecule has 0 heterocycles. The van der Waals surface area contributed by atoms with Crippen molar-refractivity contribution in [1.82, 2.24) is 0 Å². The van der Waals surface area contributed by atoms with E-state index in [9.17, 15) is 13.2 Å². The van der Waals surface area contributed by atoms with E-state index >= 15 is 0 Å². The molecule has 7 heteroatoms. The second kappa shape index (κ2) is 5.83. The summed E-state index contributed by atoms with van der Waals surface area (Å²) >= 11 is 11.2. The number of hydrogen-bond donors (Lipinski definition) is 1. The Kier molecular flexibility index (Phi) is 4.32. The zero-order chi connectivity index (χ0) is 14.8. The molecular formula is C13H9Cl2NO3S. The first-order valence-corrected chi connectivity index (χ1v) is 7.71. The molecule has 0 saturated carbocycles. The van der Waals surface area contributed by atoms with Gasteiger partial charge in [0.15, 0.2) is 0 Å². The fourth-order valence-electron chi connectivity index (χ4n) is 1.57. The van der Waals surface area contributed by atoms with Gasteiger partial charge in [-0.2, -0.15) is 0 Å². The molecule has 0 unspecified atom stereocenters. The summed E-state index contributed by atoms with van der Waals surface area (Å²) in [5, 5.41) is -0.505. The van der Waals surface area contributed by atoms with Crippen molar-refractivity contribution in [2.24, 2.45) is 0 Å². The molecule has 0 aliphatic rings. The molecule has 1 N–H and O–H groups in total. The maximum atomic E-state index is 12.2. The van der Waals surface area contributed by atoms with E-state index < -0.39 is 15.3 Å². The Morgan fingerprint density at radius 2 is 1.70 bits per heavy atom. The summed E-state index contributed by atoms with van der Waals surface area (Å²) in [6.07, 6.45) is 0. The fourth-order valence-corrected chi connectivity index (χ4v) is 3.00. The third kappa shape index (κ3) is 3.30. The highest BCUT2D eigenvalue weighted by Gasteiger charge is 2.18. The van der Waals surface area contributed by atoms with Gasteiger partial charge in [0.1, 0.15) is 0 Å². The highest BCUT2D eigenvalue weighted by molar-refractivity contribution is 7.92. The van der Waals surface area contributed by atoms with Crippen LogP contribution in [-0.4, -0.2) is 13.7 Å². The maximum Gasteiger partial charge on any atom is 0.261 e. The van der Waals surface area contributed by atoms with E-state index in [4.69, 9.17) is 23.2 Å². The molecule has 0 atom stereocenters. The van der Waals surface area contributed by atoms with Crippen molar-refractivity contribution in [1.29, 1.82) is 0 Å². The number of hydrogen-bond acceptors (Lipinski definition) is 3. The first kappa shape index (κ1) is 14.8. The highest BCUT2D eigenvalue weighted by atomic mass is 35.5. The Bertz CT molecular complexity index is 745. The summed E-state index contributed by atoms with van der Waals surface area (Å²) in [6.45, 7) is 0. The first-order chi connectivity index (χ1) is 9.40. The molecule has 2 aromatic carbocycles. The molecular weight excluding hydrogens is 321 g/mol. The van der Waals surface area contributed by atoms with Gasteiger partial charge in [-0.25, -0.2) is 8.42 Å². The Labute approximate surface area is 126 Å². The van der Waals surface area contributed by atoms with Gasteiger partial charge >= 0.3 is 0 Å². The lowest BCUT2D eigenvalue weighted by atomic mass is 10.2. The SMILES string of the molecule is O=C(Cl)c1cc(Cl)ccc1NS(=O)(=O)c1ccccc1. The molecule has 0 radical (unpaired) electrons. The predicted molar refractivity (Wildman–Crippen MR) is 78.9 cm³/mol. The summed E-state index contributed by atoms with van der Waals surface area (Å²) in [4.78, 5) is 11.4.